The Kier molecular flexibility index (Phi) is 7.06. The van der Waals surface area contributed by atoms with Gasteiger partial charge in [0.2, 0.25) is 10.0 Å². The highest BCUT2D eigenvalue weighted by Crippen LogP contribution is 2.29. The molecule has 1 aliphatic heterocycles. The largest absolute Gasteiger partial charge is 0.491 e. The van der Waals surface area contributed by atoms with Gasteiger partial charge in [0.1, 0.15) is 10.6 Å². The number of amides is 1. The van der Waals surface area contributed by atoms with Gasteiger partial charge in [0, 0.05) is 24.3 Å². The second-order valence-electron chi connectivity index (χ2n) is 7.71. The molecule has 1 N–H and O–H groups in total. The summed E-state index contributed by atoms with van der Waals surface area (Å²) in [5.74, 6) is 0.323. The molecule has 2 aromatic rings. The second kappa shape index (κ2) is 9.37. The SMILES string of the molecule is Cc1cc(OC(C)C)ccc1NC(=O)c1ccc(Cl)c(S(=O)(=O)N2CCCCC2)c1. The van der Waals surface area contributed by atoms with Crippen LogP contribution in [0.2, 0.25) is 5.02 Å². The molecule has 6 nitrogen and oxygen atoms in total. The van der Waals surface area contributed by atoms with Crippen LogP contribution < -0.4 is 10.1 Å². The van der Waals surface area contributed by atoms with Crippen molar-refractivity contribution in [3.63, 3.8) is 0 Å². The number of aryl methyl sites for hydroxylation is 1. The van der Waals surface area contributed by atoms with Crippen LogP contribution in [0.5, 0.6) is 5.75 Å². The van der Waals surface area contributed by atoms with Gasteiger partial charge >= 0.3 is 0 Å². The molecule has 0 aliphatic carbocycles. The van der Waals surface area contributed by atoms with Crippen molar-refractivity contribution in [2.75, 3.05) is 18.4 Å². The van der Waals surface area contributed by atoms with Gasteiger partial charge in [0.25, 0.3) is 5.91 Å². The number of rotatable bonds is 6. The summed E-state index contributed by atoms with van der Waals surface area (Å²) in [6, 6.07) is 9.75. The maximum absolute atomic E-state index is 13.0. The minimum absolute atomic E-state index is 0.0314. The number of nitrogens with zero attached hydrogens (tertiary/aromatic N) is 1. The van der Waals surface area contributed by atoms with E-state index in [1.807, 2.05) is 26.8 Å². The molecule has 1 saturated heterocycles. The van der Waals surface area contributed by atoms with Gasteiger partial charge in [0.15, 0.2) is 0 Å². The van der Waals surface area contributed by atoms with E-state index in [4.69, 9.17) is 16.3 Å². The number of carbonyl (C=O) groups is 1. The number of sulfonamides is 1. The number of ether oxygens (including phenoxy) is 1. The van der Waals surface area contributed by atoms with Crippen molar-refractivity contribution in [2.45, 2.75) is 51.0 Å². The Labute approximate surface area is 183 Å². The molecule has 0 aromatic heterocycles. The van der Waals surface area contributed by atoms with Crippen molar-refractivity contribution in [1.29, 1.82) is 0 Å². The van der Waals surface area contributed by atoms with E-state index >= 15 is 0 Å². The Morgan fingerprint density at radius 1 is 1.10 bits per heavy atom. The first kappa shape index (κ1) is 22.6. The molecule has 0 bridgehead atoms. The number of carbonyl (C=O) groups excluding carboxylic acids is 1. The highest BCUT2D eigenvalue weighted by atomic mass is 35.5. The molecule has 8 heteroatoms. The molecule has 30 heavy (non-hydrogen) atoms. The number of hydrogen-bond donors (Lipinski definition) is 1. The molecule has 162 valence electrons. The Bertz CT molecular complexity index is 1030. The topological polar surface area (TPSA) is 75.7 Å². The average Bonchev–Trinajstić information content (AvgIpc) is 2.70. The zero-order valence-corrected chi connectivity index (χ0v) is 19.0. The number of benzene rings is 2. The summed E-state index contributed by atoms with van der Waals surface area (Å²) in [6.07, 6.45) is 2.72. The van der Waals surface area contributed by atoms with Crippen molar-refractivity contribution in [3.05, 3.63) is 52.5 Å². The van der Waals surface area contributed by atoms with Gasteiger partial charge in [-0.05, 0) is 75.6 Å². The molecule has 2 aromatic carbocycles. The number of hydrogen-bond acceptors (Lipinski definition) is 4. The van der Waals surface area contributed by atoms with E-state index in [1.165, 1.54) is 22.5 Å². The zero-order chi connectivity index (χ0) is 21.9. The van der Waals surface area contributed by atoms with Gasteiger partial charge in [-0.25, -0.2) is 8.42 Å². The van der Waals surface area contributed by atoms with Crippen LogP contribution in [-0.2, 0) is 10.0 Å². The summed E-state index contributed by atoms with van der Waals surface area (Å²) in [5, 5.41) is 2.95. The van der Waals surface area contributed by atoms with E-state index in [0.29, 0.717) is 18.8 Å². The van der Waals surface area contributed by atoms with E-state index in [9.17, 15) is 13.2 Å². The van der Waals surface area contributed by atoms with Crippen LogP contribution in [0.15, 0.2) is 41.3 Å². The number of piperidine rings is 1. The van der Waals surface area contributed by atoms with E-state index in [-0.39, 0.29) is 21.6 Å². The molecule has 1 aliphatic rings. The summed E-state index contributed by atoms with van der Waals surface area (Å²) < 4.78 is 33.1. The fourth-order valence-corrected chi connectivity index (χ4v) is 5.42. The summed E-state index contributed by atoms with van der Waals surface area (Å²) in [6.45, 7) is 6.71. The smallest absolute Gasteiger partial charge is 0.255 e. The van der Waals surface area contributed by atoms with Crippen molar-refractivity contribution in [1.82, 2.24) is 4.31 Å². The molecule has 0 unspecified atom stereocenters. The van der Waals surface area contributed by atoms with Crippen molar-refractivity contribution in [3.8, 4) is 5.75 Å². The van der Waals surface area contributed by atoms with Crippen molar-refractivity contribution in [2.24, 2.45) is 0 Å². The predicted molar refractivity (Wildman–Crippen MR) is 119 cm³/mol. The van der Waals surface area contributed by atoms with Gasteiger partial charge in [-0.15, -0.1) is 0 Å². The van der Waals surface area contributed by atoms with E-state index in [1.54, 1.807) is 12.1 Å². The Hall–Kier alpha value is -2.09. The average molecular weight is 451 g/mol. The third-order valence-electron chi connectivity index (χ3n) is 4.94. The van der Waals surface area contributed by atoms with Crippen molar-refractivity contribution < 1.29 is 17.9 Å². The molecule has 0 saturated carbocycles. The van der Waals surface area contributed by atoms with Crippen molar-refractivity contribution >= 4 is 33.2 Å². The number of halogens is 1. The maximum Gasteiger partial charge on any atom is 0.255 e. The Morgan fingerprint density at radius 2 is 1.80 bits per heavy atom. The van der Waals surface area contributed by atoms with Crippen LogP contribution in [-0.4, -0.2) is 37.8 Å². The lowest BCUT2D eigenvalue weighted by molar-refractivity contribution is 0.102. The second-order valence-corrected chi connectivity index (χ2v) is 10.0. The van der Waals surface area contributed by atoms with Crippen LogP contribution in [0.4, 0.5) is 5.69 Å². The van der Waals surface area contributed by atoms with Gasteiger partial charge < -0.3 is 10.1 Å². The number of nitrogens with one attached hydrogen (secondary N) is 1. The van der Waals surface area contributed by atoms with Gasteiger partial charge in [-0.3, -0.25) is 4.79 Å². The summed E-state index contributed by atoms with van der Waals surface area (Å²) >= 11 is 6.20. The lowest BCUT2D eigenvalue weighted by Gasteiger charge is -2.26. The van der Waals surface area contributed by atoms with Gasteiger partial charge in [-0.1, -0.05) is 18.0 Å². The molecule has 3 rings (SSSR count). The van der Waals surface area contributed by atoms with Crippen LogP contribution in [0.3, 0.4) is 0 Å². The molecule has 1 amide bonds. The molecule has 0 radical (unpaired) electrons. The minimum Gasteiger partial charge on any atom is -0.491 e. The van der Waals surface area contributed by atoms with Gasteiger partial charge in [-0.2, -0.15) is 4.31 Å². The molecule has 0 spiro atoms. The third kappa shape index (κ3) is 5.14. The van der Waals surface area contributed by atoms with Crippen LogP contribution in [0, 0.1) is 6.92 Å². The first-order chi connectivity index (χ1) is 14.2. The molecule has 1 fully saturated rings. The third-order valence-corrected chi connectivity index (χ3v) is 7.32. The summed E-state index contributed by atoms with van der Waals surface area (Å²) in [4.78, 5) is 12.8. The first-order valence-electron chi connectivity index (χ1n) is 10.1. The van der Waals surface area contributed by atoms with E-state index < -0.39 is 15.9 Å². The molecule has 1 heterocycles. The molecular weight excluding hydrogens is 424 g/mol. The summed E-state index contributed by atoms with van der Waals surface area (Å²) in [5.41, 5.74) is 1.71. The highest BCUT2D eigenvalue weighted by molar-refractivity contribution is 7.89. The Morgan fingerprint density at radius 3 is 2.43 bits per heavy atom. The summed E-state index contributed by atoms with van der Waals surface area (Å²) in [7, 11) is -3.74. The van der Waals surface area contributed by atoms with Crippen LogP contribution in [0.25, 0.3) is 0 Å². The monoisotopic (exact) mass is 450 g/mol. The van der Waals surface area contributed by atoms with Crippen LogP contribution in [0.1, 0.15) is 49.0 Å². The van der Waals surface area contributed by atoms with Crippen LogP contribution >= 0.6 is 11.6 Å². The maximum atomic E-state index is 13.0. The quantitative estimate of drug-likeness (QED) is 0.681. The minimum atomic E-state index is -3.74. The van der Waals surface area contributed by atoms with E-state index in [2.05, 4.69) is 5.32 Å². The standard InChI is InChI=1S/C22H27ClN2O4S/c1-15(2)29-18-8-10-20(16(3)13-18)24-22(26)17-7-9-19(23)21(14-17)30(27,28)25-11-5-4-6-12-25/h7-10,13-15H,4-6,11-12H2,1-3H3,(H,24,26). The van der Waals surface area contributed by atoms with E-state index in [0.717, 1.165) is 30.6 Å². The molecule has 0 atom stereocenters. The fourth-order valence-electron chi connectivity index (χ4n) is 3.40. The predicted octanol–water partition coefficient (Wildman–Crippen LogP) is 4.86. The first-order valence-corrected chi connectivity index (χ1v) is 11.9. The Balaban J connectivity index is 1.83. The lowest BCUT2D eigenvalue weighted by atomic mass is 10.1. The normalized spacial score (nSPS) is 15.2. The highest BCUT2D eigenvalue weighted by Gasteiger charge is 2.28. The lowest BCUT2D eigenvalue weighted by Crippen LogP contribution is -2.35. The zero-order valence-electron chi connectivity index (χ0n) is 17.4. The number of anilines is 1. The fraction of sp³-hybridized carbons (Fsp3) is 0.409. The molecular formula is C22H27ClN2O4S. The van der Waals surface area contributed by atoms with Gasteiger partial charge in [0.05, 0.1) is 11.1 Å².